The lowest BCUT2D eigenvalue weighted by Crippen LogP contribution is -2.15. The van der Waals surface area contributed by atoms with Crippen LogP contribution < -0.4 is 5.32 Å². The number of nitrogens with zero attached hydrogens (tertiary/aromatic N) is 2. The Hall–Kier alpha value is -2.57. The fraction of sp³-hybridized carbons (Fsp3) is 0.182. The molecule has 0 aromatic heterocycles. The number of hydrogen-bond acceptors (Lipinski definition) is 5. The first-order valence-corrected chi connectivity index (χ1v) is 4.70. The van der Waals surface area contributed by atoms with Crippen molar-refractivity contribution in [3.8, 4) is 12.1 Å². The molecule has 1 aromatic carbocycles. The quantitative estimate of drug-likeness (QED) is 0.806. The van der Waals surface area contributed by atoms with Gasteiger partial charge in [-0.15, -0.1) is 0 Å². The monoisotopic (exact) mass is 231 g/mol. The van der Waals surface area contributed by atoms with Gasteiger partial charge in [0.25, 0.3) is 0 Å². The van der Waals surface area contributed by atoms with E-state index >= 15 is 0 Å². The Balaban J connectivity index is 2.77. The molecule has 0 spiro atoms. The molecule has 1 aromatic rings. The molecule has 0 aliphatic rings. The number of carbonyl (C=O) groups is 1. The van der Waals surface area contributed by atoms with Crippen LogP contribution in [0.4, 0.5) is 10.5 Å². The van der Waals surface area contributed by atoms with E-state index in [0.717, 1.165) is 0 Å². The average Bonchev–Trinajstić information content (AvgIpc) is 2.36. The number of aliphatic hydroxyl groups excluding tert-OH is 1. The van der Waals surface area contributed by atoms with Crippen molar-refractivity contribution < 1.29 is 14.6 Å². The van der Waals surface area contributed by atoms with Gasteiger partial charge in [-0.05, 0) is 18.2 Å². The highest BCUT2D eigenvalue weighted by Crippen LogP contribution is 2.14. The third-order valence-electron chi connectivity index (χ3n) is 1.83. The maximum atomic E-state index is 11.1. The lowest BCUT2D eigenvalue weighted by Gasteiger charge is -2.06. The smallest absolute Gasteiger partial charge is 0.411 e. The number of amides is 1. The number of benzene rings is 1. The van der Waals surface area contributed by atoms with Crippen LogP contribution in [-0.2, 0) is 4.74 Å². The zero-order valence-corrected chi connectivity index (χ0v) is 8.80. The van der Waals surface area contributed by atoms with E-state index in [-0.39, 0.29) is 24.3 Å². The Labute approximate surface area is 97.7 Å². The minimum absolute atomic E-state index is 0.104. The van der Waals surface area contributed by atoms with Crippen LogP contribution in [0.25, 0.3) is 0 Å². The lowest BCUT2D eigenvalue weighted by atomic mass is 10.1. The van der Waals surface area contributed by atoms with Gasteiger partial charge in [-0.1, -0.05) is 0 Å². The molecule has 0 saturated heterocycles. The summed E-state index contributed by atoms with van der Waals surface area (Å²) >= 11 is 0. The number of nitrogens with one attached hydrogen (secondary N) is 1. The van der Waals surface area contributed by atoms with Crippen LogP contribution >= 0.6 is 0 Å². The van der Waals surface area contributed by atoms with Crippen LogP contribution in [0.5, 0.6) is 0 Å². The number of nitriles is 2. The van der Waals surface area contributed by atoms with E-state index in [4.69, 9.17) is 15.6 Å². The molecule has 0 fully saturated rings. The minimum atomic E-state index is -0.729. The van der Waals surface area contributed by atoms with Crippen LogP contribution in [0.1, 0.15) is 11.1 Å². The third kappa shape index (κ3) is 3.49. The molecule has 0 bridgehead atoms. The zero-order chi connectivity index (χ0) is 12.7. The first kappa shape index (κ1) is 12.5. The Bertz CT molecular complexity index is 500. The fourth-order valence-corrected chi connectivity index (χ4v) is 1.10. The fourth-order valence-electron chi connectivity index (χ4n) is 1.10. The molecule has 6 heteroatoms. The standard InChI is InChI=1S/C11H9N3O3/c12-6-8-1-2-10(5-9(8)7-13)14-11(16)17-4-3-15/h1-2,5,15H,3-4H2,(H,14,16). The van der Waals surface area contributed by atoms with Crippen molar-refractivity contribution in [3.63, 3.8) is 0 Å². The summed E-state index contributed by atoms with van der Waals surface area (Å²) < 4.78 is 4.58. The maximum absolute atomic E-state index is 11.1. The minimum Gasteiger partial charge on any atom is -0.447 e. The SMILES string of the molecule is N#Cc1ccc(NC(=O)OCCO)cc1C#N. The number of hydrogen-bond donors (Lipinski definition) is 2. The van der Waals surface area contributed by atoms with Gasteiger partial charge in [0, 0.05) is 5.69 Å². The van der Waals surface area contributed by atoms with E-state index in [1.165, 1.54) is 18.2 Å². The van der Waals surface area contributed by atoms with E-state index in [1.807, 2.05) is 12.1 Å². The van der Waals surface area contributed by atoms with Gasteiger partial charge >= 0.3 is 6.09 Å². The van der Waals surface area contributed by atoms with Crippen molar-refractivity contribution in [2.45, 2.75) is 0 Å². The van der Waals surface area contributed by atoms with Crippen molar-refractivity contribution in [1.82, 2.24) is 0 Å². The van der Waals surface area contributed by atoms with Gasteiger partial charge < -0.3 is 9.84 Å². The second-order valence-electron chi connectivity index (χ2n) is 2.97. The normalized spacial score (nSPS) is 8.88. The molecule has 0 aliphatic heterocycles. The number of ether oxygens (including phenoxy) is 1. The Kier molecular flexibility index (Phi) is 4.49. The first-order valence-electron chi connectivity index (χ1n) is 4.70. The van der Waals surface area contributed by atoms with Crippen LogP contribution in [0.3, 0.4) is 0 Å². The maximum Gasteiger partial charge on any atom is 0.411 e. The molecule has 0 aliphatic carbocycles. The molecule has 86 valence electrons. The van der Waals surface area contributed by atoms with Crippen LogP contribution in [-0.4, -0.2) is 24.4 Å². The molecule has 0 atom stereocenters. The van der Waals surface area contributed by atoms with Crippen molar-refractivity contribution in [1.29, 1.82) is 10.5 Å². The van der Waals surface area contributed by atoms with Crippen LogP contribution in [0.15, 0.2) is 18.2 Å². The van der Waals surface area contributed by atoms with Gasteiger partial charge in [-0.2, -0.15) is 10.5 Å². The van der Waals surface area contributed by atoms with Gasteiger partial charge in [-0.3, -0.25) is 5.32 Å². The number of aliphatic hydroxyl groups is 1. The predicted octanol–water partition coefficient (Wildman–Crippen LogP) is 0.971. The number of rotatable bonds is 3. The predicted molar refractivity (Wildman–Crippen MR) is 57.9 cm³/mol. The molecular formula is C11H9N3O3. The van der Waals surface area contributed by atoms with Crippen LogP contribution in [0, 0.1) is 22.7 Å². The molecule has 1 amide bonds. The second kappa shape index (κ2) is 6.11. The molecule has 0 saturated carbocycles. The molecule has 0 unspecified atom stereocenters. The van der Waals surface area contributed by atoms with Gasteiger partial charge in [0.05, 0.1) is 17.7 Å². The summed E-state index contributed by atoms with van der Waals surface area (Å²) in [4.78, 5) is 11.1. The van der Waals surface area contributed by atoms with E-state index in [1.54, 1.807) is 0 Å². The Morgan fingerprint density at radius 1 is 1.35 bits per heavy atom. The molecule has 2 N–H and O–H groups in total. The van der Waals surface area contributed by atoms with E-state index < -0.39 is 6.09 Å². The average molecular weight is 231 g/mol. The molecule has 0 radical (unpaired) electrons. The molecule has 6 nitrogen and oxygen atoms in total. The summed E-state index contributed by atoms with van der Waals surface area (Å²) in [6.45, 7) is -0.364. The van der Waals surface area contributed by atoms with Gasteiger partial charge in [0.15, 0.2) is 0 Å². The summed E-state index contributed by atoms with van der Waals surface area (Å²) in [6, 6.07) is 8.00. The summed E-state index contributed by atoms with van der Waals surface area (Å²) in [5.74, 6) is 0. The molecule has 0 heterocycles. The summed E-state index contributed by atoms with van der Waals surface area (Å²) in [5.41, 5.74) is 0.762. The highest BCUT2D eigenvalue weighted by Gasteiger charge is 2.06. The van der Waals surface area contributed by atoms with Crippen molar-refractivity contribution in [2.24, 2.45) is 0 Å². The van der Waals surface area contributed by atoms with Crippen molar-refractivity contribution in [3.05, 3.63) is 29.3 Å². The topological polar surface area (TPSA) is 106 Å². The zero-order valence-electron chi connectivity index (χ0n) is 8.80. The Morgan fingerprint density at radius 2 is 2.06 bits per heavy atom. The van der Waals surface area contributed by atoms with Crippen molar-refractivity contribution in [2.75, 3.05) is 18.5 Å². The molecule has 1 rings (SSSR count). The second-order valence-corrected chi connectivity index (χ2v) is 2.97. The molecule has 17 heavy (non-hydrogen) atoms. The Morgan fingerprint density at radius 3 is 2.65 bits per heavy atom. The first-order chi connectivity index (χ1) is 8.21. The summed E-state index contributed by atoms with van der Waals surface area (Å²) in [6.07, 6.45) is -0.729. The van der Waals surface area contributed by atoms with E-state index in [9.17, 15) is 4.79 Å². The van der Waals surface area contributed by atoms with Gasteiger partial charge in [0.2, 0.25) is 0 Å². The van der Waals surface area contributed by atoms with Gasteiger partial charge in [-0.25, -0.2) is 4.79 Å². The van der Waals surface area contributed by atoms with Gasteiger partial charge in [0.1, 0.15) is 18.7 Å². The highest BCUT2D eigenvalue weighted by molar-refractivity contribution is 5.85. The lowest BCUT2D eigenvalue weighted by molar-refractivity contribution is 0.131. The third-order valence-corrected chi connectivity index (χ3v) is 1.83. The van der Waals surface area contributed by atoms with E-state index in [0.29, 0.717) is 5.69 Å². The molecular weight excluding hydrogens is 222 g/mol. The van der Waals surface area contributed by atoms with E-state index in [2.05, 4.69) is 10.1 Å². The summed E-state index contributed by atoms with van der Waals surface area (Å²) in [7, 11) is 0. The van der Waals surface area contributed by atoms with Crippen LogP contribution in [0.2, 0.25) is 0 Å². The van der Waals surface area contributed by atoms with Crippen molar-refractivity contribution >= 4 is 11.8 Å². The number of anilines is 1. The largest absolute Gasteiger partial charge is 0.447 e. The summed E-state index contributed by atoms with van der Waals surface area (Å²) in [5, 5.41) is 28.3. The number of carbonyl (C=O) groups excluding carboxylic acids is 1. The highest BCUT2D eigenvalue weighted by atomic mass is 16.6.